The molecule has 0 saturated carbocycles. The fourth-order valence-corrected chi connectivity index (χ4v) is 5.30. The Morgan fingerprint density at radius 2 is 2.16 bits per heavy atom. The summed E-state index contributed by atoms with van der Waals surface area (Å²) in [6, 6.07) is 5.72. The Balaban J connectivity index is 1.30. The number of amides is 2. The van der Waals surface area contributed by atoms with Crippen molar-refractivity contribution in [2.24, 2.45) is 5.92 Å². The molecule has 2 aromatic heterocycles. The van der Waals surface area contributed by atoms with Crippen LogP contribution in [0.2, 0.25) is 0 Å². The highest BCUT2D eigenvalue weighted by molar-refractivity contribution is 7.16. The van der Waals surface area contributed by atoms with E-state index in [0.29, 0.717) is 22.9 Å². The van der Waals surface area contributed by atoms with Crippen molar-refractivity contribution in [3.05, 3.63) is 40.2 Å². The predicted octanol–water partition coefficient (Wildman–Crippen LogP) is 3.01. The standard InChI is InChI=1S/C22H23N3O5S/c23-10-17-16-6-2-1-3-7-18(16)31-21(17)24-19(26)13-30-22(28)14-9-20(27)25(11-14)12-15-5-4-8-29-15/h4-5,8,14H,1-3,6-7,9,11-13H2,(H,24,26). The first-order valence-electron chi connectivity index (χ1n) is 10.4. The van der Waals surface area contributed by atoms with Crippen molar-refractivity contribution in [2.75, 3.05) is 18.5 Å². The van der Waals surface area contributed by atoms with Crippen LogP contribution in [0.15, 0.2) is 22.8 Å². The SMILES string of the molecule is N#Cc1c(NC(=O)COC(=O)C2CC(=O)N(Cc3ccco3)C2)sc2c1CCCCC2. The van der Waals surface area contributed by atoms with Crippen LogP contribution < -0.4 is 5.32 Å². The largest absolute Gasteiger partial charge is 0.467 e. The molecule has 0 aromatic carbocycles. The maximum atomic E-state index is 12.4. The van der Waals surface area contributed by atoms with Crippen LogP contribution in [0.1, 0.15) is 47.4 Å². The number of ether oxygens (including phenoxy) is 1. The van der Waals surface area contributed by atoms with Gasteiger partial charge in [0.05, 0.1) is 24.3 Å². The lowest BCUT2D eigenvalue weighted by molar-refractivity contribution is -0.151. The van der Waals surface area contributed by atoms with Crippen LogP contribution in [0.25, 0.3) is 0 Å². The molecule has 3 heterocycles. The van der Waals surface area contributed by atoms with E-state index in [2.05, 4.69) is 11.4 Å². The Morgan fingerprint density at radius 1 is 1.32 bits per heavy atom. The first-order valence-corrected chi connectivity index (χ1v) is 11.2. The summed E-state index contributed by atoms with van der Waals surface area (Å²) in [5.74, 6) is -1.18. The van der Waals surface area contributed by atoms with E-state index in [1.54, 1.807) is 17.0 Å². The average Bonchev–Trinajstić information content (AvgIpc) is 3.43. The Hall–Kier alpha value is -3.12. The number of hydrogen-bond donors (Lipinski definition) is 1. The molecule has 1 saturated heterocycles. The molecule has 0 bridgehead atoms. The van der Waals surface area contributed by atoms with Crippen molar-refractivity contribution in [3.8, 4) is 6.07 Å². The number of nitrogens with zero attached hydrogens (tertiary/aromatic N) is 2. The van der Waals surface area contributed by atoms with Gasteiger partial charge in [-0.1, -0.05) is 6.42 Å². The van der Waals surface area contributed by atoms with E-state index in [9.17, 15) is 19.6 Å². The molecular formula is C22H23N3O5S. The lowest BCUT2D eigenvalue weighted by atomic mass is 10.1. The number of aryl methyl sites for hydroxylation is 1. The number of likely N-dealkylation sites (tertiary alicyclic amines) is 1. The van der Waals surface area contributed by atoms with Crippen molar-refractivity contribution in [2.45, 2.75) is 45.1 Å². The van der Waals surface area contributed by atoms with E-state index in [1.807, 2.05) is 0 Å². The molecule has 0 radical (unpaired) electrons. The zero-order valence-corrected chi connectivity index (χ0v) is 17.8. The quantitative estimate of drug-likeness (QED) is 0.545. The molecule has 2 amide bonds. The summed E-state index contributed by atoms with van der Waals surface area (Å²) >= 11 is 1.43. The van der Waals surface area contributed by atoms with Crippen molar-refractivity contribution < 1.29 is 23.5 Å². The molecule has 8 nitrogen and oxygen atoms in total. The van der Waals surface area contributed by atoms with Crippen LogP contribution >= 0.6 is 11.3 Å². The van der Waals surface area contributed by atoms with Crippen molar-refractivity contribution in [1.82, 2.24) is 4.90 Å². The molecule has 1 fully saturated rings. The Kier molecular flexibility index (Phi) is 6.37. The zero-order valence-electron chi connectivity index (χ0n) is 17.0. The second kappa shape index (κ2) is 9.35. The third-order valence-electron chi connectivity index (χ3n) is 5.61. The predicted molar refractivity (Wildman–Crippen MR) is 112 cm³/mol. The van der Waals surface area contributed by atoms with E-state index in [1.165, 1.54) is 17.6 Å². The summed E-state index contributed by atoms with van der Waals surface area (Å²) in [5.41, 5.74) is 1.56. The Morgan fingerprint density at radius 3 is 2.94 bits per heavy atom. The minimum absolute atomic E-state index is 0.0530. The zero-order chi connectivity index (χ0) is 21.8. The van der Waals surface area contributed by atoms with Gasteiger partial charge in [-0.15, -0.1) is 11.3 Å². The summed E-state index contributed by atoms with van der Waals surface area (Å²) in [6.45, 7) is 0.0848. The van der Waals surface area contributed by atoms with Crippen molar-refractivity contribution >= 4 is 34.1 Å². The van der Waals surface area contributed by atoms with Gasteiger partial charge in [-0.3, -0.25) is 14.4 Å². The number of esters is 1. The average molecular weight is 442 g/mol. The lowest BCUT2D eigenvalue weighted by Crippen LogP contribution is -2.28. The molecular weight excluding hydrogens is 418 g/mol. The van der Waals surface area contributed by atoms with E-state index < -0.39 is 24.4 Å². The summed E-state index contributed by atoms with van der Waals surface area (Å²) in [4.78, 5) is 39.6. The summed E-state index contributed by atoms with van der Waals surface area (Å²) in [6.07, 6.45) is 6.63. The number of hydrogen-bond acceptors (Lipinski definition) is 7. The van der Waals surface area contributed by atoms with E-state index in [0.717, 1.165) is 42.5 Å². The smallest absolute Gasteiger partial charge is 0.311 e. The van der Waals surface area contributed by atoms with Crippen molar-refractivity contribution in [3.63, 3.8) is 0 Å². The van der Waals surface area contributed by atoms with Crippen LogP contribution in [0.4, 0.5) is 5.00 Å². The van der Waals surface area contributed by atoms with Gasteiger partial charge in [-0.05, 0) is 43.4 Å². The molecule has 1 unspecified atom stereocenters. The fourth-order valence-electron chi connectivity index (χ4n) is 4.04. The summed E-state index contributed by atoms with van der Waals surface area (Å²) in [5, 5.41) is 12.8. The van der Waals surface area contributed by atoms with E-state index >= 15 is 0 Å². The topological polar surface area (TPSA) is 113 Å². The van der Waals surface area contributed by atoms with E-state index in [-0.39, 0.29) is 18.9 Å². The highest BCUT2D eigenvalue weighted by Crippen LogP contribution is 2.37. The monoisotopic (exact) mass is 441 g/mol. The number of nitriles is 1. The maximum absolute atomic E-state index is 12.4. The van der Waals surface area contributed by atoms with Gasteiger partial charge in [-0.2, -0.15) is 5.26 Å². The van der Waals surface area contributed by atoms with Gasteiger partial charge in [0.2, 0.25) is 5.91 Å². The van der Waals surface area contributed by atoms with Crippen LogP contribution in [0.5, 0.6) is 0 Å². The van der Waals surface area contributed by atoms with Gasteiger partial charge >= 0.3 is 5.97 Å². The minimum atomic E-state index is -0.609. The minimum Gasteiger partial charge on any atom is -0.467 e. The number of thiophene rings is 1. The second-order valence-electron chi connectivity index (χ2n) is 7.79. The first kappa shape index (κ1) is 21.1. The van der Waals surface area contributed by atoms with Gasteiger partial charge in [0, 0.05) is 17.8 Å². The van der Waals surface area contributed by atoms with Gasteiger partial charge in [0.15, 0.2) is 6.61 Å². The maximum Gasteiger partial charge on any atom is 0.311 e. The van der Waals surface area contributed by atoms with Gasteiger partial charge in [0.25, 0.3) is 5.91 Å². The summed E-state index contributed by atoms with van der Waals surface area (Å²) in [7, 11) is 0. The van der Waals surface area contributed by atoms with E-state index in [4.69, 9.17) is 9.15 Å². The number of furan rings is 1. The van der Waals surface area contributed by atoms with Crippen molar-refractivity contribution in [1.29, 1.82) is 5.26 Å². The molecule has 4 rings (SSSR count). The Bertz CT molecular complexity index is 1020. The van der Waals surface area contributed by atoms with Gasteiger partial charge < -0.3 is 19.4 Å². The van der Waals surface area contributed by atoms with Crippen LogP contribution in [-0.4, -0.2) is 35.8 Å². The molecule has 1 N–H and O–H groups in total. The number of carbonyl (C=O) groups excluding carboxylic acids is 3. The van der Waals surface area contributed by atoms with Crippen LogP contribution in [-0.2, 0) is 38.5 Å². The lowest BCUT2D eigenvalue weighted by Gasteiger charge is -2.14. The normalized spacial score (nSPS) is 18.2. The third-order valence-corrected chi connectivity index (χ3v) is 6.81. The number of anilines is 1. The molecule has 9 heteroatoms. The van der Waals surface area contributed by atoms with Crippen LogP contribution in [0, 0.1) is 17.2 Å². The number of carbonyl (C=O) groups is 3. The molecule has 2 aromatic rings. The third kappa shape index (κ3) is 4.80. The van der Waals surface area contributed by atoms with Crippen LogP contribution in [0.3, 0.4) is 0 Å². The fraction of sp³-hybridized carbons (Fsp3) is 0.455. The molecule has 1 atom stereocenters. The highest BCUT2D eigenvalue weighted by atomic mass is 32.1. The number of fused-ring (bicyclic) bond motifs is 1. The number of nitrogens with one attached hydrogen (secondary N) is 1. The molecule has 0 spiro atoms. The molecule has 1 aliphatic heterocycles. The second-order valence-corrected chi connectivity index (χ2v) is 8.90. The Labute approximate surface area is 183 Å². The first-order chi connectivity index (χ1) is 15.0. The summed E-state index contributed by atoms with van der Waals surface area (Å²) < 4.78 is 10.4. The van der Waals surface area contributed by atoms with Gasteiger partial charge in [0.1, 0.15) is 16.8 Å². The van der Waals surface area contributed by atoms with Gasteiger partial charge in [-0.25, -0.2) is 0 Å². The molecule has 162 valence electrons. The number of rotatable bonds is 6. The molecule has 31 heavy (non-hydrogen) atoms. The highest BCUT2D eigenvalue weighted by Gasteiger charge is 2.36. The molecule has 1 aliphatic carbocycles. The molecule has 2 aliphatic rings.